The maximum Gasteiger partial charge on any atom is 0.344 e. The zero-order valence-corrected chi connectivity index (χ0v) is 17.4. The molecule has 3 rings (SSSR count). The third kappa shape index (κ3) is 5.50. The Morgan fingerprint density at radius 1 is 0.933 bits per heavy atom. The molecule has 6 nitrogen and oxygen atoms in total. The summed E-state index contributed by atoms with van der Waals surface area (Å²) >= 11 is 0. The number of aryl methyl sites for hydroxylation is 1. The average Bonchev–Trinajstić information content (AvgIpc) is 2.76. The van der Waals surface area contributed by atoms with Crippen molar-refractivity contribution in [2.45, 2.75) is 13.5 Å². The molecule has 0 aliphatic heterocycles. The lowest BCUT2D eigenvalue weighted by atomic mass is 10.1. The van der Waals surface area contributed by atoms with Crippen LogP contribution in [-0.2, 0) is 20.9 Å². The van der Waals surface area contributed by atoms with E-state index in [0.29, 0.717) is 12.3 Å². The lowest BCUT2D eigenvalue weighted by Crippen LogP contribution is -2.31. The third-order valence-electron chi connectivity index (χ3n) is 4.75. The molecule has 0 atom stereocenters. The minimum atomic E-state index is -0.584. The lowest BCUT2D eigenvalue weighted by Gasteiger charge is -2.18. The van der Waals surface area contributed by atoms with E-state index in [1.54, 1.807) is 20.2 Å². The summed E-state index contributed by atoms with van der Waals surface area (Å²) in [6.07, 6.45) is 0. The maximum absolute atomic E-state index is 12.3. The number of likely N-dealkylation sites (N-methyl/N-ethyl adjacent to an activating group) is 1. The van der Waals surface area contributed by atoms with Crippen LogP contribution in [0.5, 0.6) is 11.5 Å². The number of nitrogens with zero attached hydrogens (tertiary/aromatic N) is 1. The van der Waals surface area contributed by atoms with E-state index in [9.17, 15) is 9.59 Å². The number of ether oxygens (including phenoxy) is 3. The van der Waals surface area contributed by atoms with Gasteiger partial charge >= 0.3 is 5.97 Å². The van der Waals surface area contributed by atoms with Crippen molar-refractivity contribution in [2.75, 3.05) is 27.4 Å². The fraction of sp³-hybridized carbons (Fsp3) is 0.250. The Balaban J connectivity index is 1.49. The van der Waals surface area contributed by atoms with Crippen LogP contribution in [0, 0.1) is 6.92 Å². The van der Waals surface area contributed by atoms with Crippen molar-refractivity contribution in [3.63, 3.8) is 0 Å². The van der Waals surface area contributed by atoms with Crippen molar-refractivity contribution in [3.05, 3.63) is 71.8 Å². The second-order valence-corrected chi connectivity index (χ2v) is 7.01. The van der Waals surface area contributed by atoms with Gasteiger partial charge in [-0.2, -0.15) is 0 Å². The topological polar surface area (TPSA) is 65.1 Å². The van der Waals surface area contributed by atoms with E-state index in [1.807, 2.05) is 61.5 Å². The number of fused-ring (bicyclic) bond motifs is 1. The predicted molar refractivity (Wildman–Crippen MR) is 115 cm³/mol. The summed E-state index contributed by atoms with van der Waals surface area (Å²) in [7, 11) is 3.32. The fourth-order valence-corrected chi connectivity index (χ4v) is 3.01. The van der Waals surface area contributed by atoms with Gasteiger partial charge in [0.05, 0.1) is 7.11 Å². The lowest BCUT2D eigenvalue weighted by molar-refractivity contribution is -0.153. The highest BCUT2D eigenvalue weighted by Crippen LogP contribution is 2.22. The van der Waals surface area contributed by atoms with Gasteiger partial charge in [0.2, 0.25) is 0 Å². The summed E-state index contributed by atoms with van der Waals surface area (Å²) in [5, 5.41) is 2.13. The number of methoxy groups -OCH3 is 1. The zero-order chi connectivity index (χ0) is 21.5. The van der Waals surface area contributed by atoms with Crippen molar-refractivity contribution in [1.29, 1.82) is 0 Å². The first kappa shape index (κ1) is 21.2. The molecular weight excluding hydrogens is 382 g/mol. The van der Waals surface area contributed by atoms with Gasteiger partial charge in [-0.05, 0) is 53.1 Å². The van der Waals surface area contributed by atoms with E-state index in [0.717, 1.165) is 27.6 Å². The van der Waals surface area contributed by atoms with Crippen molar-refractivity contribution < 1.29 is 23.8 Å². The molecule has 0 saturated heterocycles. The minimum Gasteiger partial charge on any atom is -0.497 e. The summed E-state index contributed by atoms with van der Waals surface area (Å²) in [5.74, 6) is 0.552. The zero-order valence-electron chi connectivity index (χ0n) is 17.4. The quantitative estimate of drug-likeness (QED) is 0.532. The van der Waals surface area contributed by atoms with Gasteiger partial charge < -0.3 is 19.1 Å². The smallest absolute Gasteiger partial charge is 0.344 e. The van der Waals surface area contributed by atoms with E-state index in [2.05, 4.69) is 0 Å². The molecule has 0 spiro atoms. The van der Waals surface area contributed by atoms with Gasteiger partial charge in [-0.1, -0.05) is 36.4 Å². The molecule has 0 radical (unpaired) electrons. The summed E-state index contributed by atoms with van der Waals surface area (Å²) in [5.41, 5.74) is 1.91. The summed E-state index contributed by atoms with van der Waals surface area (Å²) in [6, 6.07) is 19.2. The molecule has 0 saturated carbocycles. The Morgan fingerprint density at radius 2 is 1.67 bits per heavy atom. The van der Waals surface area contributed by atoms with Crippen LogP contribution in [0.25, 0.3) is 10.8 Å². The molecule has 0 aromatic heterocycles. The second kappa shape index (κ2) is 9.78. The van der Waals surface area contributed by atoms with E-state index in [1.165, 1.54) is 4.90 Å². The molecule has 0 aliphatic carbocycles. The highest BCUT2D eigenvalue weighted by Gasteiger charge is 2.13. The molecule has 0 bridgehead atoms. The van der Waals surface area contributed by atoms with Crippen molar-refractivity contribution in [1.82, 2.24) is 4.90 Å². The molecule has 0 heterocycles. The minimum absolute atomic E-state index is 0.240. The van der Waals surface area contributed by atoms with Crippen LogP contribution >= 0.6 is 0 Å². The Labute approximate surface area is 176 Å². The fourth-order valence-electron chi connectivity index (χ4n) is 3.01. The first-order valence-corrected chi connectivity index (χ1v) is 9.61. The largest absolute Gasteiger partial charge is 0.497 e. The number of rotatable bonds is 8. The number of benzene rings is 3. The van der Waals surface area contributed by atoms with Crippen LogP contribution in [0.2, 0.25) is 0 Å². The van der Waals surface area contributed by atoms with E-state index in [-0.39, 0.29) is 19.1 Å². The van der Waals surface area contributed by atoms with Gasteiger partial charge in [-0.15, -0.1) is 0 Å². The molecule has 3 aromatic rings. The number of carbonyl (C=O) groups excluding carboxylic acids is 2. The van der Waals surface area contributed by atoms with Gasteiger partial charge in [0, 0.05) is 13.6 Å². The predicted octanol–water partition coefficient (Wildman–Crippen LogP) is 3.74. The van der Waals surface area contributed by atoms with Gasteiger partial charge in [-0.25, -0.2) is 4.79 Å². The summed E-state index contributed by atoms with van der Waals surface area (Å²) in [4.78, 5) is 25.7. The van der Waals surface area contributed by atoms with E-state index in [4.69, 9.17) is 14.2 Å². The Bertz CT molecular complexity index is 1050. The van der Waals surface area contributed by atoms with Crippen molar-refractivity contribution >= 4 is 22.6 Å². The number of esters is 1. The normalized spacial score (nSPS) is 10.5. The Hall–Kier alpha value is -3.54. The van der Waals surface area contributed by atoms with Crippen LogP contribution in [0.3, 0.4) is 0 Å². The third-order valence-corrected chi connectivity index (χ3v) is 4.75. The number of carbonyl (C=O) groups is 2. The number of hydrogen-bond donors (Lipinski definition) is 0. The molecule has 0 aliphatic rings. The van der Waals surface area contributed by atoms with Crippen LogP contribution in [0.15, 0.2) is 60.7 Å². The van der Waals surface area contributed by atoms with Gasteiger partial charge in [0.1, 0.15) is 11.5 Å². The van der Waals surface area contributed by atoms with E-state index < -0.39 is 5.97 Å². The molecule has 156 valence electrons. The van der Waals surface area contributed by atoms with E-state index >= 15 is 0 Å². The monoisotopic (exact) mass is 407 g/mol. The first-order valence-electron chi connectivity index (χ1n) is 9.61. The molecular formula is C24H25NO5. The molecule has 0 unspecified atom stereocenters. The Morgan fingerprint density at radius 3 is 2.43 bits per heavy atom. The molecule has 0 fully saturated rings. The average molecular weight is 407 g/mol. The van der Waals surface area contributed by atoms with Crippen molar-refractivity contribution in [2.24, 2.45) is 0 Å². The number of hydrogen-bond acceptors (Lipinski definition) is 5. The van der Waals surface area contributed by atoms with Crippen LogP contribution < -0.4 is 9.47 Å². The Kier molecular flexibility index (Phi) is 6.91. The van der Waals surface area contributed by atoms with Gasteiger partial charge in [-0.3, -0.25) is 4.79 Å². The maximum atomic E-state index is 12.3. The van der Waals surface area contributed by atoms with Crippen LogP contribution in [-0.4, -0.2) is 44.1 Å². The number of para-hydroxylation sites is 1. The molecule has 1 amide bonds. The molecule has 30 heavy (non-hydrogen) atoms. The van der Waals surface area contributed by atoms with Gasteiger partial charge in [0.15, 0.2) is 13.2 Å². The van der Waals surface area contributed by atoms with Crippen molar-refractivity contribution in [3.8, 4) is 11.5 Å². The summed E-state index contributed by atoms with van der Waals surface area (Å²) in [6.45, 7) is 1.74. The highest BCUT2D eigenvalue weighted by atomic mass is 16.6. The number of amides is 1. The highest BCUT2D eigenvalue weighted by molar-refractivity contribution is 5.85. The van der Waals surface area contributed by atoms with Crippen LogP contribution in [0.1, 0.15) is 11.1 Å². The first-order chi connectivity index (χ1) is 14.5. The van der Waals surface area contributed by atoms with Gasteiger partial charge in [0.25, 0.3) is 5.91 Å². The summed E-state index contributed by atoms with van der Waals surface area (Å²) < 4.78 is 15.7. The molecule has 6 heteroatoms. The van der Waals surface area contributed by atoms with Crippen LogP contribution in [0.4, 0.5) is 0 Å². The second-order valence-electron chi connectivity index (χ2n) is 7.01. The molecule has 0 N–H and O–H groups in total. The standard InChI is InChI=1S/C24H25NO5/c1-17-6-4-5-7-22(17)29-16-24(27)30-15-23(26)25(2)14-18-8-9-20-13-21(28-3)11-10-19(20)12-18/h4-13H,14-16H2,1-3H3. The SMILES string of the molecule is COc1ccc2cc(CN(C)C(=O)COC(=O)COc3ccccc3C)ccc2c1. The molecule has 3 aromatic carbocycles.